The van der Waals surface area contributed by atoms with Gasteiger partial charge in [-0.2, -0.15) is 0 Å². The van der Waals surface area contributed by atoms with Crippen LogP contribution in [0.5, 0.6) is 0 Å². The largest absolute Gasteiger partial charge is 0.372 e. The quantitative estimate of drug-likeness (QED) is 0.743. The summed E-state index contributed by atoms with van der Waals surface area (Å²) >= 11 is 0. The number of fused-ring (bicyclic) bond motifs is 1. The molecule has 0 aromatic heterocycles. The molecule has 0 amide bonds. The normalized spacial score (nSPS) is 26.4. The smallest absolute Gasteiger partial charge is 0.182 e. The summed E-state index contributed by atoms with van der Waals surface area (Å²) in [6.45, 7) is 8.27. The third kappa shape index (κ3) is 3.90. The number of ketones is 1. The maximum absolute atomic E-state index is 12.9. The minimum absolute atomic E-state index is 0.00927. The van der Waals surface area contributed by atoms with E-state index in [1.165, 1.54) is 0 Å². The first kappa shape index (κ1) is 20.3. The second-order valence-electron chi connectivity index (χ2n) is 8.72. The van der Waals surface area contributed by atoms with E-state index in [0.29, 0.717) is 12.0 Å². The standard InChI is InChI=1S/C22H30O4S/c1-5-22-14-13-19(23)17(15-27(24,25)16-9-7-6-8-10-16)18(22)11-12-20(22)26-21(2,3)4/h6-10,20H,5,11-15H2,1-4H3/t20-,22-/m1/s1. The molecule has 0 heterocycles. The Kier molecular flexibility index (Phi) is 5.39. The van der Waals surface area contributed by atoms with Gasteiger partial charge >= 0.3 is 0 Å². The number of carbonyl (C=O) groups is 1. The van der Waals surface area contributed by atoms with Crippen molar-refractivity contribution >= 4 is 15.6 Å². The van der Waals surface area contributed by atoms with Crippen molar-refractivity contribution in [3.05, 3.63) is 41.5 Å². The molecular formula is C22H30O4S. The van der Waals surface area contributed by atoms with E-state index in [0.717, 1.165) is 31.3 Å². The van der Waals surface area contributed by atoms with Crippen molar-refractivity contribution in [1.29, 1.82) is 0 Å². The summed E-state index contributed by atoms with van der Waals surface area (Å²) in [5.41, 5.74) is 1.09. The van der Waals surface area contributed by atoms with Gasteiger partial charge in [-0.3, -0.25) is 4.79 Å². The summed E-state index contributed by atoms with van der Waals surface area (Å²) in [4.78, 5) is 13.0. The third-order valence-corrected chi connectivity index (χ3v) is 7.60. The molecule has 0 bridgehead atoms. The highest BCUT2D eigenvalue weighted by Crippen LogP contribution is 2.55. The van der Waals surface area contributed by atoms with Crippen molar-refractivity contribution in [3.63, 3.8) is 0 Å². The molecule has 0 N–H and O–H groups in total. The van der Waals surface area contributed by atoms with E-state index in [4.69, 9.17) is 4.74 Å². The van der Waals surface area contributed by atoms with Gasteiger partial charge in [-0.05, 0) is 58.6 Å². The summed E-state index contributed by atoms with van der Waals surface area (Å²) in [6.07, 6.45) is 3.67. The molecule has 148 valence electrons. The van der Waals surface area contributed by atoms with Crippen LogP contribution in [0.2, 0.25) is 0 Å². The minimum Gasteiger partial charge on any atom is -0.372 e. The Labute approximate surface area is 162 Å². The molecule has 0 aliphatic heterocycles. The van der Waals surface area contributed by atoms with Crippen LogP contribution in [0.15, 0.2) is 46.4 Å². The Morgan fingerprint density at radius 2 is 1.81 bits per heavy atom. The number of rotatable bonds is 5. The van der Waals surface area contributed by atoms with Crippen LogP contribution in [0.1, 0.15) is 59.8 Å². The van der Waals surface area contributed by atoms with Crippen LogP contribution in [0.4, 0.5) is 0 Å². The number of hydrogen-bond acceptors (Lipinski definition) is 4. The van der Waals surface area contributed by atoms with Crippen molar-refractivity contribution in [2.45, 2.75) is 76.4 Å². The van der Waals surface area contributed by atoms with Gasteiger partial charge < -0.3 is 4.74 Å². The van der Waals surface area contributed by atoms with E-state index < -0.39 is 9.84 Å². The lowest BCUT2D eigenvalue weighted by Gasteiger charge is -2.42. The Hall–Kier alpha value is -1.46. The van der Waals surface area contributed by atoms with Crippen molar-refractivity contribution in [2.75, 3.05) is 5.75 Å². The van der Waals surface area contributed by atoms with Gasteiger partial charge in [0.05, 0.1) is 22.4 Å². The molecule has 2 aliphatic carbocycles. The lowest BCUT2D eigenvalue weighted by Crippen LogP contribution is -2.41. The molecule has 27 heavy (non-hydrogen) atoms. The zero-order valence-corrected chi connectivity index (χ0v) is 17.6. The molecule has 1 aromatic rings. The molecule has 0 unspecified atom stereocenters. The van der Waals surface area contributed by atoms with Crippen molar-refractivity contribution in [1.82, 2.24) is 0 Å². The fourth-order valence-electron chi connectivity index (χ4n) is 4.70. The molecule has 1 fully saturated rings. The summed E-state index contributed by atoms with van der Waals surface area (Å²) in [5.74, 6) is -0.209. The van der Waals surface area contributed by atoms with Gasteiger partial charge in [0.25, 0.3) is 0 Å². The zero-order valence-electron chi connectivity index (χ0n) is 16.7. The SMILES string of the molecule is CC[C@@]12CCC(=O)C(CS(=O)(=O)c3ccccc3)=C1CC[C@H]2OC(C)(C)C. The van der Waals surface area contributed by atoms with E-state index in [9.17, 15) is 13.2 Å². The van der Waals surface area contributed by atoms with Gasteiger partial charge in [0, 0.05) is 17.4 Å². The highest BCUT2D eigenvalue weighted by Gasteiger charge is 2.51. The van der Waals surface area contributed by atoms with Crippen LogP contribution in [-0.2, 0) is 19.4 Å². The molecule has 3 rings (SSSR count). The molecule has 0 radical (unpaired) electrons. The summed E-state index contributed by atoms with van der Waals surface area (Å²) in [7, 11) is -3.54. The minimum atomic E-state index is -3.54. The first-order valence-corrected chi connectivity index (χ1v) is 11.5. The molecule has 2 atom stereocenters. The number of benzene rings is 1. The highest BCUT2D eigenvalue weighted by atomic mass is 32.2. The molecule has 1 aromatic carbocycles. The van der Waals surface area contributed by atoms with E-state index in [1.54, 1.807) is 30.3 Å². The molecule has 2 aliphatic rings. The molecule has 4 nitrogen and oxygen atoms in total. The topological polar surface area (TPSA) is 60.4 Å². The second-order valence-corrected chi connectivity index (χ2v) is 10.7. The van der Waals surface area contributed by atoms with Crippen molar-refractivity contribution in [3.8, 4) is 0 Å². The van der Waals surface area contributed by atoms with Crippen LogP contribution < -0.4 is 0 Å². The van der Waals surface area contributed by atoms with E-state index >= 15 is 0 Å². The number of carbonyl (C=O) groups excluding carboxylic acids is 1. The van der Waals surface area contributed by atoms with Gasteiger partial charge in [0.2, 0.25) is 0 Å². The molecule has 0 spiro atoms. The summed E-state index contributed by atoms with van der Waals surface area (Å²) < 4.78 is 32.2. The molecule has 1 saturated carbocycles. The van der Waals surface area contributed by atoms with Crippen LogP contribution in [0.25, 0.3) is 0 Å². The van der Waals surface area contributed by atoms with E-state index in [-0.39, 0.29) is 33.6 Å². The van der Waals surface area contributed by atoms with Gasteiger partial charge in [-0.15, -0.1) is 0 Å². The van der Waals surface area contributed by atoms with Crippen LogP contribution in [0.3, 0.4) is 0 Å². The van der Waals surface area contributed by atoms with Crippen LogP contribution >= 0.6 is 0 Å². The average molecular weight is 391 g/mol. The number of hydrogen-bond donors (Lipinski definition) is 0. The Bertz CT molecular complexity index is 846. The molecule has 0 saturated heterocycles. The lowest BCUT2D eigenvalue weighted by atomic mass is 9.68. The maximum atomic E-state index is 12.9. The van der Waals surface area contributed by atoms with E-state index in [1.807, 2.05) is 20.8 Å². The molecule has 5 heteroatoms. The Morgan fingerprint density at radius 1 is 1.15 bits per heavy atom. The first-order chi connectivity index (χ1) is 12.6. The predicted molar refractivity (Wildman–Crippen MR) is 106 cm³/mol. The van der Waals surface area contributed by atoms with Gasteiger partial charge in [-0.25, -0.2) is 8.42 Å². The summed E-state index contributed by atoms with van der Waals surface area (Å²) in [5, 5.41) is 0. The van der Waals surface area contributed by atoms with Gasteiger partial charge in [-0.1, -0.05) is 30.7 Å². The Balaban J connectivity index is 2.01. The fraction of sp³-hybridized carbons (Fsp3) is 0.591. The first-order valence-electron chi connectivity index (χ1n) is 9.80. The highest BCUT2D eigenvalue weighted by molar-refractivity contribution is 7.91. The maximum Gasteiger partial charge on any atom is 0.182 e. The number of Topliss-reactive ketones (excluding diaryl/α,β-unsaturated/α-hetero) is 1. The second kappa shape index (κ2) is 7.17. The fourth-order valence-corrected chi connectivity index (χ4v) is 6.15. The monoisotopic (exact) mass is 390 g/mol. The Morgan fingerprint density at radius 3 is 2.41 bits per heavy atom. The van der Waals surface area contributed by atoms with E-state index in [2.05, 4.69) is 6.92 Å². The molecular weight excluding hydrogens is 360 g/mol. The van der Waals surface area contributed by atoms with Crippen molar-refractivity contribution < 1.29 is 17.9 Å². The number of ether oxygens (including phenoxy) is 1. The van der Waals surface area contributed by atoms with Crippen molar-refractivity contribution in [2.24, 2.45) is 5.41 Å². The average Bonchev–Trinajstić information content (AvgIpc) is 2.95. The predicted octanol–water partition coefficient (Wildman–Crippen LogP) is 4.49. The number of sulfone groups is 1. The summed E-state index contributed by atoms with van der Waals surface area (Å²) in [6, 6.07) is 8.42. The van der Waals surface area contributed by atoms with Crippen LogP contribution in [-0.4, -0.2) is 31.7 Å². The lowest BCUT2D eigenvalue weighted by molar-refractivity contribution is -0.121. The van der Waals surface area contributed by atoms with Gasteiger partial charge in [0.1, 0.15) is 0 Å². The van der Waals surface area contributed by atoms with Gasteiger partial charge in [0.15, 0.2) is 15.6 Å². The zero-order chi connectivity index (χ0) is 19.9. The van der Waals surface area contributed by atoms with Crippen LogP contribution in [0, 0.1) is 5.41 Å². The third-order valence-electron chi connectivity index (χ3n) is 5.94.